The van der Waals surface area contributed by atoms with Gasteiger partial charge in [-0.05, 0) is 12.1 Å². The first-order valence-corrected chi connectivity index (χ1v) is 7.87. The minimum absolute atomic E-state index is 0.385. The molecule has 2 aromatic carbocycles. The van der Waals surface area contributed by atoms with Gasteiger partial charge in [-0.15, -0.1) is 0 Å². The van der Waals surface area contributed by atoms with Crippen molar-refractivity contribution in [1.82, 2.24) is 4.73 Å². The van der Waals surface area contributed by atoms with Gasteiger partial charge in [-0.1, -0.05) is 24.3 Å². The Morgan fingerprint density at radius 1 is 0.947 bits per heavy atom. The van der Waals surface area contributed by atoms with E-state index in [-0.39, 0.29) is 0 Å². The predicted molar refractivity (Wildman–Crippen MR) is 73.3 cm³/mol. The van der Waals surface area contributed by atoms with Crippen molar-refractivity contribution in [3.05, 3.63) is 58.6 Å². The maximum atomic E-state index is 12.0. The molecule has 4 nitrogen and oxygen atoms in total. The zero-order chi connectivity index (χ0) is 13.8. The molecule has 0 amide bonds. The van der Waals surface area contributed by atoms with Gasteiger partial charge in [-0.3, -0.25) is 0 Å². The molecule has 1 heterocycles. The molecule has 3 rings (SSSR count). The Morgan fingerprint density at radius 2 is 1.32 bits per heavy atom. The summed E-state index contributed by atoms with van der Waals surface area (Å²) in [6.07, 6.45) is 0. The number of hydrogen-bond acceptors (Lipinski definition) is 2. The van der Waals surface area contributed by atoms with Gasteiger partial charge in [0.15, 0.2) is 0 Å². The third kappa shape index (κ3) is 2.68. The van der Waals surface area contributed by atoms with Crippen LogP contribution in [0.2, 0.25) is 0 Å². The van der Waals surface area contributed by atoms with Crippen molar-refractivity contribution in [2.75, 3.05) is 0 Å². The zero-order valence-corrected chi connectivity index (χ0v) is 11.9. The maximum absolute atomic E-state index is 12.0. The molecule has 0 aliphatic heterocycles. The molecule has 1 aromatic heterocycles. The average Bonchev–Trinajstić information content (AvgIpc) is 2.46. The Bertz CT molecular complexity index is 716. The number of benzene rings is 2. The first kappa shape index (κ1) is 14.1. The summed E-state index contributed by atoms with van der Waals surface area (Å²) in [5.41, 5.74) is 1.54. The van der Waals surface area contributed by atoms with Crippen LogP contribution in [0.15, 0.2) is 48.5 Å². The molecule has 0 bridgehead atoms. The van der Waals surface area contributed by atoms with E-state index in [4.69, 9.17) is 20.4 Å². The monoisotopic (exact) mass is 340 g/mol. The third-order valence-corrected chi connectivity index (χ3v) is 2.64. The van der Waals surface area contributed by atoms with Crippen molar-refractivity contribution >= 4 is 42.5 Å². The van der Waals surface area contributed by atoms with Gasteiger partial charge in [0.05, 0.1) is 4.43 Å². The fourth-order valence-corrected chi connectivity index (χ4v) is 1.87. The number of hydrogen-bond donors (Lipinski definition) is 0. The van der Waals surface area contributed by atoms with E-state index in [9.17, 15) is 10.1 Å². The van der Waals surface area contributed by atoms with E-state index in [2.05, 4.69) is 0 Å². The quantitative estimate of drug-likeness (QED) is 0.357. The fourth-order valence-electron chi connectivity index (χ4n) is 1.87. The van der Waals surface area contributed by atoms with Crippen molar-refractivity contribution in [3.8, 4) is 0 Å². The topological polar surface area (TPSA) is 51.0 Å². The third-order valence-electron chi connectivity index (χ3n) is 2.64. The second kappa shape index (κ2) is 6.24. The van der Waals surface area contributed by atoms with Crippen LogP contribution < -0.4 is 4.43 Å². The molecule has 0 N–H and O–H groups in total. The molecule has 0 aliphatic rings. The van der Waals surface area contributed by atoms with E-state index < -0.39 is 0 Å². The van der Waals surface area contributed by atoms with Gasteiger partial charge in [0.25, 0.3) is 11.0 Å². The molecule has 0 aliphatic carbocycles. The predicted octanol–water partition coefficient (Wildman–Crippen LogP) is 3.43. The summed E-state index contributed by atoms with van der Waals surface area (Å²) >= 11 is 0.569. The molecule has 0 saturated heterocycles. The van der Waals surface area contributed by atoms with Gasteiger partial charge in [0.1, 0.15) is 11.0 Å². The molecule has 0 fully saturated rings. The summed E-state index contributed by atoms with van der Waals surface area (Å²) < 4.78 is 1.58. The summed E-state index contributed by atoms with van der Waals surface area (Å²) in [6, 6.07) is 13.5. The molecule has 0 radical (unpaired) electrons. The first-order chi connectivity index (χ1) is 9.20. The first-order valence-electron chi connectivity index (χ1n) is 5.15. The van der Waals surface area contributed by atoms with Crippen LogP contribution in [0, 0.1) is 10.1 Å². The number of halogens is 2. The summed E-state index contributed by atoms with van der Waals surface area (Å²) in [5, 5.41) is 12.0. The Morgan fingerprint density at radius 3 is 1.74 bits per heavy atom. The molecular weight excluding hydrogens is 334 g/mol. The number of rotatable bonds is 0. The van der Waals surface area contributed by atoms with Crippen molar-refractivity contribution in [2.24, 2.45) is 0 Å². The van der Waals surface area contributed by atoms with E-state index in [1.54, 1.807) is 48.5 Å². The van der Waals surface area contributed by atoms with Crippen LogP contribution in [0.1, 0.15) is 0 Å². The van der Waals surface area contributed by atoms with Gasteiger partial charge in [0, 0.05) is 17.0 Å². The number of aromatic nitrogens is 2. The molecule has 7 heteroatoms. The molecular formula is C12H8Cl2N2NiO2. The van der Waals surface area contributed by atoms with E-state index in [1.165, 1.54) is 0 Å². The van der Waals surface area contributed by atoms with Gasteiger partial charge in [0.2, 0.25) is 0 Å². The fraction of sp³-hybridized carbons (Fsp3) is 0. The molecule has 3 aromatic rings. The normalized spacial score (nSPS) is 10.4. The molecule has 102 valence electrons. The summed E-state index contributed by atoms with van der Waals surface area (Å²) in [6.45, 7) is 0. The van der Waals surface area contributed by atoms with Crippen molar-refractivity contribution in [3.63, 3.8) is 0 Å². The number of fused-ring (bicyclic) bond motifs is 2. The zero-order valence-electron chi connectivity index (χ0n) is 9.40. The Hall–Kier alpha value is -1.29. The van der Waals surface area contributed by atoms with Crippen LogP contribution >= 0.6 is 20.4 Å². The standard InChI is InChI=1S/C12H8N2O2.2ClH.Ni/c15-13-9-5-1-2-6-10(9)14(16)12-8-4-3-7-11(12)13;;;/h1-8H;2*1H;/q;;;+2/p-2. The van der Waals surface area contributed by atoms with Crippen LogP contribution in [-0.2, 0) is 12.7 Å². The van der Waals surface area contributed by atoms with Crippen LogP contribution in [0.25, 0.3) is 22.1 Å². The molecule has 0 atom stereocenters. The van der Waals surface area contributed by atoms with Gasteiger partial charge >= 0.3 is 33.0 Å². The van der Waals surface area contributed by atoms with Crippen molar-refractivity contribution in [2.45, 2.75) is 0 Å². The average molecular weight is 342 g/mol. The van der Waals surface area contributed by atoms with Crippen molar-refractivity contribution < 1.29 is 17.1 Å². The molecule has 0 saturated carbocycles. The van der Waals surface area contributed by atoms with E-state index in [0.29, 0.717) is 34.7 Å². The summed E-state index contributed by atoms with van der Waals surface area (Å²) in [4.78, 5) is 12.0. The number of para-hydroxylation sites is 4. The molecule has 19 heavy (non-hydrogen) atoms. The number of nitrogens with zero attached hydrogens (tertiary/aromatic N) is 2. The Labute approximate surface area is 123 Å². The van der Waals surface area contributed by atoms with Gasteiger partial charge in [-0.2, -0.15) is 0 Å². The van der Waals surface area contributed by atoms with Gasteiger partial charge < -0.3 is 9.94 Å². The van der Waals surface area contributed by atoms with Crippen molar-refractivity contribution in [1.29, 1.82) is 0 Å². The molecule has 0 spiro atoms. The second-order valence-electron chi connectivity index (χ2n) is 3.61. The summed E-state index contributed by atoms with van der Waals surface area (Å²) in [7, 11) is 9.40. The van der Waals surface area contributed by atoms with Gasteiger partial charge in [-0.25, -0.2) is 0 Å². The Kier molecular flexibility index (Phi) is 4.64. The Balaban J connectivity index is 0.000000408. The van der Waals surface area contributed by atoms with Crippen LogP contribution in [0.3, 0.4) is 0 Å². The SMILES string of the molecule is O=[n+]1c2ccccc2n([O-])c2ccccc21.[Cl][Ni][Cl]. The van der Waals surface area contributed by atoms with Crippen LogP contribution in [-0.4, -0.2) is 4.73 Å². The molecule has 0 unspecified atom stereocenters. The van der Waals surface area contributed by atoms with Crippen LogP contribution in [0.5, 0.6) is 0 Å². The van der Waals surface area contributed by atoms with Crippen LogP contribution in [0.4, 0.5) is 0 Å². The van der Waals surface area contributed by atoms with E-state index in [1.807, 2.05) is 0 Å². The summed E-state index contributed by atoms with van der Waals surface area (Å²) in [5.74, 6) is 0. The van der Waals surface area contributed by atoms with E-state index in [0.717, 1.165) is 9.16 Å². The minimum atomic E-state index is 0.385. The second-order valence-corrected chi connectivity index (χ2v) is 5.24. The van der Waals surface area contributed by atoms with E-state index >= 15 is 0 Å².